The van der Waals surface area contributed by atoms with Crippen molar-refractivity contribution < 1.29 is 0 Å². The molecular weight excluding hydrogens is 184 g/mol. The van der Waals surface area contributed by atoms with E-state index >= 15 is 0 Å². The van der Waals surface area contributed by atoms with E-state index in [4.69, 9.17) is 0 Å². The van der Waals surface area contributed by atoms with Crippen molar-refractivity contribution in [1.29, 1.82) is 0 Å². The van der Waals surface area contributed by atoms with Gasteiger partial charge in [-0.25, -0.2) is 4.68 Å². The molecule has 78 valence electrons. The number of aryl methyl sites for hydroxylation is 2. The van der Waals surface area contributed by atoms with Crippen LogP contribution >= 0.6 is 0 Å². The van der Waals surface area contributed by atoms with E-state index in [9.17, 15) is 0 Å². The minimum atomic E-state index is 1.08. The van der Waals surface area contributed by atoms with E-state index in [2.05, 4.69) is 30.2 Å². The Morgan fingerprint density at radius 3 is 2.60 bits per heavy atom. The van der Waals surface area contributed by atoms with E-state index in [0.717, 1.165) is 24.2 Å². The zero-order valence-electron chi connectivity index (χ0n) is 9.27. The molecule has 0 fully saturated rings. The van der Waals surface area contributed by atoms with Crippen LogP contribution in [0.5, 0.6) is 0 Å². The molecule has 0 atom stereocenters. The largest absolute Gasteiger partial charge is 0.238 e. The predicted molar refractivity (Wildman–Crippen MR) is 62.3 cm³/mol. The van der Waals surface area contributed by atoms with Gasteiger partial charge in [0.05, 0.1) is 11.4 Å². The maximum absolute atomic E-state index is 4.52. The Morgan fingerprint density at radius 1 is 1.20 bits per heavy atom. The molecule has 0 saturated carbocycles. The number of para-hydroxylation sites is 1. The molecule has 2 aromatic rings. The number of rotatable bonds is 3. The third-order valence-electron chi connectivity index (χ3n) is 2.41. The van der Waals surface area contributed by atoms with E-state index in [0.29, 0.717) is 0 Å². The van der Waals surface area contributed by atoms with Gasteiger partial charge in [-0.3, -0.25) is 0 Å². The van der Waals surface area contributed by atoms with E-state index in [1.54, 1.807) is 0 Å². The fourth-order valence-electron chi connectivity index (χ4n) is 1.78. The first-order valence-electron chi connectivity index (χ1n) is 5.42. The zero-order chi connectivity index (χ0) is 10.7. The lowest BCUT2D eigenvalue weighted by atomic mass is 10.2. The molecule has 2 heteroatoms. The highest BCUT2D eigenvalue weighted by Crippen LogP contribution is 2.13. The van der Waals surface area contributed by atoms with E-state index in [1.807, 2.05) is 29.8 Å². The second-order valence-electron chi connectivity index (χ2n) is 3.77. The molecule has 0 radical (unpaired) electrons. The summed E-state index contributed by atoms with van der Waals surface area (Å²) < 4.78 is 2.04. The topological polar surface area (TPSA) is 17.8 Å². The number of aromatic nitrogens is 2. The lowest BCUT2D eigenvalue weighted by Crippen LogP contribution is -2.01. The van der Waals surface area contributed by atoms with Gasteiger partial charge in [-0.1, -0.05) is 31.5 Å². The monoisotopic (exact) mass is 200 g/mol. The molecule has 0 amide bonds. The average Bonchev–Trinajstić information content (AvgIpc) is 2.62. The van der Waals surface area contributed by atoms with Gasteiger partial charge in [0.1, 0.15) is 0 Å². The molecule has 2 rings (SSSR count). The van der Waals surface area contributed by atoms with Crippen LogP contribution in [-0.4, -0.2) is 9.78 Å². The van der Waals surface area contributed by atoms with Crippen molar-refractivity contribution in [3.8, 4) is 5.69 Å². The Hall–Kier alpha value is -1.57. The van der Waals surface area contributed by atoms with Crippen LogP contribution in [0.2, 0.25) is 0 Å². The standard InChI is InChI=1S/C13H16N2/c1-3-7-13-10-11(2)14-15(13)12-8-5-4-6-9-12/h4-6,8-10H,3,7H2,1-2H3. The van der Waals surface area contributed by atoms with Gasteiger partial charge in [0.15, 0.2) is 0 Å². The van der Waals surface area contributed by atoms with Crippen LogP contribution in [0.1, 0.15) is 24.7 Å². The Kier molecular flexibility index (Phi) is 2.86. The molecule has 15 heavy (non-hydrogen) atoms. The first kappa shape index (κ1) is 9.97. The van der Waals surface area contributed by atoms with Gasteiger partial charge >= 0.3 is 0 Å². The summed E-state index contributed by atoms with van der Waals surface area (Å²) in [7, 11) is 0. The predicted octanol–water partition coefficient (Wildman–Crippen LogP) is 3.13. The molecule has 0 aliphatic heterocycles. The normalized spacial score (nSPS) is 10.5. The molecule has 0 unspecified atom stereocenters. The van der Waals surface area contributed by atoms with Gasteiger partial charge < -0.3 is 0 Å². The first-order valence-corrected chi connectivity index (χ1v) is 5.42. The van der Waals surface area contributed by atoms with E-state index in [-0.39, 0.29) is 0 Å². The first-order chi connectivity index (χ1) is 7.31. The van der Waals surface area contributed by atoms with Crippen LogP contribution < -0.4 is 0 Å². The molecule has 0 bridgehead atoms. The van der Waals surface area contributed by atoms with E-state index < -0.39 is 0 Å². The average molecular weight is 200 g/mol. The molecule has 0 saturated heterocycles. The minimum Gasteiger partial charge on any atom is -0.238 e. The van der Waals surface area contributed by atoms with Crippen molar-refractivity contribution in [2.24, 2.45) is 0 Å². The second kappa shape index (κ2) is 4.30. The van der Waals surface area contributed by atoms with Crippen molar-refractivity contribution >= 4 is 0 Å². The van der Waals surface area contributed by atoms with Crippen LogP contribution in [0.3, 0.4) is 0 Å². The van der Waals surface area contributed by atoms with Crippen LogP contribution in [-0.2, 0) is 6.42 Å². The van der Waals surface area contributed by atoms with Gasteiger partial charge in [-0.05, 0) is 31.5 Å². The molecule has 0 aliphatic rings. The fraction of sp³-hybridized carbons (Fsp3) is 0.308. The van der Waals surface area contributed by atoms with Crippen molar-refractivity contribution in [2.45, 2.75) is 26.7 Å². The van der Waals surface area contributed by atoms with Crippen LogP contribution in [0.25, 0.3) is 5.69 Å². The quantitative estimate of drug-likeness (QED) is 0.744. The highest BCUT2D eigenvalue weighted by molar-refractivity contribution is 5.33. The summed E-state index contributed by atoms with van der Waals surface area (Å²) in [5, 5.41) is 4.52. The van der Waals surface area contributed by atoms with Crippen molar-refractivity contribution in [3.05, 3.63) is 47.8 Å². The Morgan fingerprint density at radius 2 is 1.93 bits per heavy atom. The minimum absolute atomic E-state index is 1.08. The van der Waals surface area contributed by atoms with Crippen LogP contribution in [0, 0.1) is 6.92 Å². The molecule has 1 aromatic carbocycles. The smallest absolute Gasteiger partial charge is 0.0648 e. The highest BCUT2D eigenvalue weighted by Gasteiger charge is 2.05. The Balaban J connectivity index is 2.43. The maximum Gasteiger partial charge on any atom is 0.0648 e. The number of benzene rings is 1. The summed E-state index contributed by atoms with van der Waals surface area (Å²) in [6, 6.07) is 12.5. The molecule has 1 heterocycles. The van der Waals surface area contributed by atoms with Gasteiger partial charge in [-0.2, -0.15) is 5.10 Å². The summed E-state index contributed by atoms with van der Waals surface area (Å²) in [5.74, 6) is 0. The molecular formula is C13H16N2. The fourth-order valence-corrected chi connectivity index (χ4v) is 1.78. The summed E-state index contributed by atoms with van der Waals surface area (Å²) >= 11 is 0. The van der Waals surface area contributed by atoms with Crippen molar-refractivity contribution in [1.82, 2.24) is 9.78 Å². The molecule has 0 N–H and O–H groups in total. The number of nitrogens with zero attached hydrogens (tertiary/aromatic N) is 2. The van der Waals surface area contributed by atoms with Crippen LogP contribution in [0.15, 0.2) is 36.4 Å². The molecule has 2 nitrogen and oxygen atoms in total. The molecule has 1 aromatic heterocycles. The Labute approximate surface area is 90.6 Å². The van der Waals surface area contributed by atoms with Gasteiger partial charge in [-0.15, -0.1) is 0 Å². The van der Waals surface area contributed by atoms with Crippen LogP contribution in [0.4, 0.5) is 0 Å². The van der Waals surface area contributed by atoms with Crippen molar-refractivity contribution in [2.75, 3.05) is 0 Å². The Bertz CT molecular complexity index is 429. The third kappa shape index (κ3) is 2.09. The summed E-state index contributed by atoms with van der Waals surface area (Å²) in [6.45, 7) is 4.23. The van der Waals surface area contributed by atoms with Gasteiger partial charge in [0, 0.05) is 5.69 Å². The van der Waals surface area contributed by atoms with Gasteiger partial charge in [0.2, 0.25) is 0 Å². The van der Waals surface area contributed by atoms with E-state index in [1.165, 1.54) is 5.69 Å². The third-order valence-corrected chi connectivity index (χ3v) is 2.41. The van der Waals surface area contributed by atoms with Crippen molar-refractivity contribution in [3.63, 3.8) is 0 Å². The molecule has 0 aliphatic carbocycles. The zero-order valence-corrected chi connectivity index (χ0v) is 9.27. The lowest BCUT2D eigenvalue weighted by Gasteiger charge is -2.05. The van der Waals surface area contributed by atoms with Gasteiger partial charge in [0.25, 0.3) is 0 Å². The second-order valence-corrected chi connectivity index (χ2v) is 3.77. The molecule has 0 spiro atoms. The highest BCUT2D eigenvalue weighted by atomic mass is 15.3. The SMILES string of the molecule is CCCc1cc(C)nn1-c1ccccc1. The summed E-state index contributed by atoms with van der Waals surface area (Å²) in [6.07, 6.45) is 2.23. The lowest BCUT2D eigenvalue weighted by molar-refractivity contribution is 0.770. The number of hydrogen-bond acceptors (Lipinski definition) is 1. The summed E-state index contributed by atoms with van der Waals surface area (Å²) in [5.41, 5.74) is 3.53. The maximum atomic E-state index is 4.52. The summed E-state index contributed by atoms with van der Waals surface area (Å²) in [4.78, 5) is 0. The number of hydrogen-bond donors (Lipinski definition) is 0.